The van der Waals surface area contributed by atoms with Crippen LogP contribution in [0.15, 0.2) is 35.3 Å². The third kappa shape index (κ3) is 6.36. The van der Waals surface area contributed by atoms with Crippen LogP contribution in [0, 0.1) is 11.8 Å². The number of hydrogen-bond donors (Lipinski definition) is 1. The van der Waals surface area contributed by atoms with E-state index in [-0.39, 0.29) is 35.9 Å². The second-order valence-electron chi connectivity index (χ2n) is 11.5. The van der Waals surface area contributed by atoms with Gasteiger partial charge in [0.05, 0.1) is 26.4 Å². The SMILES string of the molecule is COc1ccc(C(=O)C2CCN(CC(=O)N(Cc3nc4cnn(C5CCCCO5)c4c(=O)[nH]3)CC3CC3)CC2)cc1. The van der Waals surface area contributed by atoms with Gasteiger partial charge in [-0.05, 0) is 88.2 Å². The van der Waals surface area contributed by atoms with Gasteiger partial charge in [-0.3, -0.25) is 19.3 Å². The van der Waals surface area contributed by atoms with Crippen LogP contribution in [0.2, 0.25) is 0 Å². The van der Waals surface area contributed by atoms with Gasteiger partial charge in [-0.2, -0.15) is 5.10 Å². The van der Waals surface area contributed by atoms with Gasteiger partial charge in [-0.25, -0.2) is 9.67 Å². The summed E-state index contributed by atoms with van der Waals surface area (Å²) in [6.07, 6.45) is 7.88. The van der Waals surface area contributed by atoms with Gasteiger partial charge in [0.25, 0.3) is 5.56 Å². The molecular weight excluding hydrogens is 524 g/mol. The van der Waals surface area contributed by atoms with Crippen LogP contribution < -0.4 is 10.3 Å². The summed E-state index contributed by atoms with van der Waals surface area (Å²) in [6, 6.07) is 7.26. The number of nitrogens with one attached hydrogen (secondary N) is 1. The van der Waals surface area contributed by atoms with E-state index in [0.29, 0.717) is 61.1 Å². The lowest BCUT2D eigenvalue weighted by Gasteiger charge is -2.32. The lowest BCUT2D eigenvalue weighted by atomic mass is 9.89. The Balaban J connectivity index is 1.08. The second kappa shape index (κ2) is 12.1. The number of amides is 1. The predicted molar refractivity (Wildman–Crippen MR) is 152 cm³/mol. The van der Waals surface area contributed by atoms with E-state index in [1.165, 1.54) is 0 Å². The monoisotopic (exact) mass is 562 g/mol. The number of carbonyl (C=O) groups is 2. The molecule has 2 aromatic heterocycles. The first-order chi connectivity index (χ1) is 20.0. The number of methoxy groups -OCH3 is 1. The van der Waals surface area contributed by atoms with Crippen molar-refractivity contribution in [3.05, 3.63) is 52.2 Å². The first kappa shape index (κ1) is 27.6. The molecule has 1 aromatic carbocycles. The molecule has 1 atom stereocenters. The minimum absolute atomic E-state index is 0.0193. The number of ether oxygens (including phenoxy) is 2. The number of piperidine rings is 1. The largest absolute Gasteiger partial charge is 0.497 e. The Morgan fingerprint density at radius 3 is 2.56 bits per heavy atom. The summed E-state index contributed by atoms with van der Waals surface area (Å²) in [7, 11) is 1.61. The van der Waals surface area contributed by atoms with Gasteiger partial charge < -0.3 is 19.4 Å². The number of aromatic nitrogens is 4. The first-order valence-corrected chi connectivity index (χ1v) is 14.7. The van der Waals surface area contributed by atoms with Crippen molar-refractivity contribution in [1.29, 1.82) is 0 Å². The van der Waals surface area contributed by atoms with Crippen LogP contribution in [-0.2, 0) is 16.1 Å². The number of ketones is 1. The lowest BCUT2D eigenvalue weighted by molar-refractivity contribution is -0.133. The highest BCUT2D eigenvalue weighted by atomic mass is 16.5. The average Bonchev–Trinajstić information content (AvgIpc) is 3.72. The Morgan fingerprint density at radius 1 is 1.10 bits per heavy atom. The molecule has 0 spiro atoms. The standard InChI is InChI=1S/C30H38N6O5/c1-40-23-9-7-21(8-10-23)29(38)22-11-13-34(14-12-22)19-26(37)35(17-20-5-6-20)18-25-32-24-16-31-36(28(24)30(39)33-25)27-4-2-3-15-41-27/h7-10,16,20,22,27H,2-6,11-15,17-19H2,1H3,(H,32,33,39). The summed E-state index contributed by atoms with van der Waals surface area (Å²) in [5.41, 5.74) is 1.36. The highest BCUT2D eigenvalue weighted by molar-refractivity contribution is 5.98. The van der Waals surface area contributed by atoms with Gasteiger partial charge in [-0.1, -0.05) is 0 Å². The first-order valence-electron chi connectivity index (χ1n) is 14.7. The molecule has 3 aromatic rings. The molecule has 2 aliphatic heterocycles. The number of aromatic amines is 1. The molecule has 1 unspecified atom stereocenters. The average molecular weight is 563 g/mol. The Hall–Kier alpha value is -3.57. The van der Waals surface area contributed by atoms with Crippen molar-refractivity contribution in [2.45, 2.75) is 57.7 Å². The molecule has 11 nitrogen and oxygen atoms in total. The molecule has 1 saturated carbocycles. The molecule has 0 bridgehead atoms. The zero-order valence-corrected chi connectivity index (χ0v) is 23.6. The van der Waals surface area contributed by atoms with Crippen molar-refractivity contribution in [3.63, 3.8) is 0 Å². The van der Waals surface area contributed by atoms with E-state index in [0.717, 1.165) is 50.7 Å². The van der Waals surface area contributed by atoms with Crippen LogP contribution in [0.3, 0.4) is 0 Å². The molecule has 0 radical (unpaired) electrons. The smallest absolute Gasteiger partial charge is 0.277 e. The quantitative estimate of drug-likeness (QED) is 0.374. The van der Waals surface area contributed by atoms with E-state index >= 15 is 0 Å². The number of hydrogen-bond acceptors (Lipinski definition) is 8. The van der Waals surface area contributed by atoms with Crippen LogP contribution in [0.5, 0.6) is 5.75 Å². The molecule has 3 fully saturated rings. The number of Topliss-reactive ketones (excluding diaryl/α,β-unsaturated/α-hetero) is 1. The van der Waals surface area contributed by atoms with Crippen molar-refractivity contribution in [3.8, 4) is 5.75 Å². The van der Waals surface area contributed by atoms with Crippen molar-refractivity contribution in [1.82, 2.24) is 29.5 Å². The Bertz CT molecular complexity index is 1430. The maximum absolute atomic E-state index is 13.5. The van der Waals surface area contributed by atoms with E-state index in [1.54, 1.807) is 18.0 Å². The molecular formula is C30H38N6O5. The highest BCUT2D eigenvalue weighted by Crippen LogP contribution is 2.30. The number of H-pyrrole nitrogens is 1. The fraction of sp³-hybridized carbons (Fsp3) is 0.567. The second-order valence-corrected chi connectivity index (χ2v) is 11.5. The van der Waals surface area contributed by atoms with Gasteiger partial charge in [-0.15, -0.1) is 0 Å². The van der Waals surface area contributed by atoms with Gasteiger partial charge in [0.2, 0.25) is 5.91 Å². The highest BCUT2D eigenvalue weighted by Gasteiger charge is 2.31. The number of nitrogens with zero attached hydrogens (tertiary/aromatic N) is 5. The lowest BCUT2D eigenvalue weighted by Crippen LogP contribution is -2.45. The predicted octanol–water partition coefficient (Wildman–Crippen LogP) is 3.16. The summed E-state index contributed by atoms with van der Waals surface area (Å²) in [5, 5.41) is 4.41. The van der Waals surface area contributed by atoms with Crippen molar-refractivity contribution in [2.75, 3.05) is 39.9 Å². The van der Waals surface area contributed by atoms with Crippen LogP contribution >= 0.6 is 0 Å². The number of likely N-dealkylation sites (tertiary alicyclic amines) is 1. The summed E-state index contributed by atoms with van der Waals surface area (Å²) in [6.45, 7) is 3.24. The van der Waals surface area contributed by atoms with Crippen LogP contribution in [-0.4, -0.2) is 81.1 Å². The summed E-state index contributed by atoms with van der Waals surface area (Å²) in [4.78, 5) is 51.1. The summed E-state index contributed by atoms with van der Waals surface area (Å²) >= 11 is 0. The fourth-order valence-electron chi connectivity index (χ4n) is 5.91. The molecule has 11 heteroatoms. The molecule has 41 heavy (non-hydrogen) atoms. The van der Waals surface area contributed by atoms with E-state index in [2.05, 4.69) is 20.0 Å². The third-order valence-corrected chi connectivity index (χ3v) is 8.49. The van der Waals surface area contributed by atoms with E-state index in [4.69, 9.17) is 9.47 Å². The van der Waals surface area contributed by atoms with E-state index in [9.17, 15) is 14.4 Å². The third-order valence-electron chi connectivity index (χ3n) is 8.49. The fourth-order valence-corrected chi connectivity index (χ4v) is 5.91. The van der Waals surface area contributed by atoms with Crippen molar-refractivity contribution in [2.24, 2.45) is 11.8 Å². The van der Waals surface area contributed by atoms with Crippen LogP contribution in [0.25, 0.3) is 11.0 Å². The van der Waals surface area contributed by atoms with E-state index < -0.39 is 0 Å². The number of rotatable bonds is 10. The number of carbonyl (C=O) groups excluding carboxylic acids is 2. The molecule has 2 saturated heterocycles. The molecule has 1 amide bonds. The van der Waals surface area contributed by atoms with Gasteiger partial charge in [0.15, 0.2) is 17.5 Å². The summed E-state index contributed by atoms with van der Waals surface area (Å²) < 4.78 is 12.7. The van der Waals surface area contributed by atoms with Gasteiger partial charge in [0, 0.05) is 24.6 Å². The maximum atomic E-state index is 13.5. The zero-order valence-electron chi connectivity index (χ0n) is 23.6. The Morgan fingerprint density at radius 2 is 1.88 bits per heavy atom. The Kier molecular flexibility index (Phi) is 8.16. The molecule has 4 heterocycles. The van der Waals surface area contributed by atoms with Crippen molar-refractivity contribution < 1.29 is 19.1 Å². The Labute approximate surface area is 238 Å². The molecule has 1 N–H and O–H groups in total. The molecule has 1 aliphatic carbocycles. The minimum Gasteiger partial charge on any atom is -0.497 e. The number of fused-ring (bicyclic) bond motifs is 1. The van der Waals surface area contributed by atoms with E-state index in [1.807, 2.05) is 29.2 Å². The normalized spacial score (nSPS) is 20.3. The van der Waals surface area contributed by atoms with Gasteiger partial charge in [0.1, 0.15) is 17.1 Å². The molecule has 218 valence electrons. The van der Waals surface area contributed by atoms with Crippen LogP contribution in [0.1, 0.15) is 67.4 Å². The molecule has 3 aliphatic rings. The van der Waals surface area contributed by atoms with Crippen LogP contribution in [0.4, 0.5) is 0 Å². The van der Waals surface area contributed by atoms with Gasteiger partial charge >= 0.3 is 0 Å². The van der Waals surface area contributed by atoms with Crippen molar-refractivity contribution >= 4 is 22.7 Å². The molecule has 6 rings (SSSR count). The number of benzene rings is 1. The minimum atomic E-state index is -0.265. The maximum Gasteiger partial charge on any atom is 0.277 e. The topological polar surface area (TPSA) is 123 Å². The summed E-state index contributed by atoms with van der Waals surface area (Å²) in [5.74, 6) is 1.81. The zero-order chi connectivity index (χ0) is 28.3.